The Balaban J connectivity index is 2.12. The van der Waals surface area contributed by atoms with E-state index in [2.05, 4.69) is 5.32 Å². The van der Waals surface area contributed by atoms with E-state index in [-0.39, 0.29) is 11.2 Å². The number of aromatic nitrogens is 1. The first-order valence-electron chi connectivity index (χ1n) is 6.78. The minimum atomic E-state index is -0.761. The Hall–Kier alpha value is -2.27. The maximum atomic E-state index is 12.2. The Labute approximate surface area is 133 Å². The fraction of sp³-hybridized carbons (Fsp3) is 0.250. The van der Waals surface area contributed by atoms with Crippen LogP contribution in [0.1, 0.15) is 12.5 Å². The fourth-order valence-corrected chi connectivity index (χ4v) is 2.07. The quantitative estimate of drug-likeness (QED) is 0.942. The molecule has 0 aliphatic carbocycles. The number of nitrogens with zero attached hydrogens (tertiary/aromatic N) is 1. The fourth-order valence-electron chi connectivity index (χ4n) is 1.89. The molecule has 2 rings (SSSR count). The number of pyridine rings is 1. The van der Waals surface area contributed by atoms with Gasteiger partial charge in [0, 0.05) is 18.3 Å². The van der Waals surface area contributed by atoms with Crippen LogP contribution in [0.3, 0.4) is 0 Å². The molecule has 116 valence electrons. The van der Waals surface area contributed by atoms with E-state index < -0.39 is 12.0 Å². The molecule has 0 aliphatic heterocycles. The summed E-state index contributed by atoms with van der Waals surface area (Å²) in [5.74, 6) is 0.0965. The molecule has 1 N–H and O–H groups in total. The largest absolute Gasteiger partial charge is 0.481 e. The third kappa shape index (κ3) is 3.68. The number of carbonyl (C=O) groups is 1. The summed E-state index contributed by atoms with van der Waals surface area (Å²) >= 11 is 5.87. The highest BCUT2D eigenvalue weighted by Gasteiger charge is 2.17. The summed E-state index contributed by atoms with van der Waals surface area (Å²) in [6, 6.07) is 8.55. The molecule has 0 saturated heterocycles. The monoisotopic (exact) mass is 320 g/mol. The van der Waals surface area contributed by atoms with Crippen molar-refractivity contribution < 1.29 is 9.53 Å². The zero-order valence-corrected chi connectivity index (χ0v) is 13.3. The van der Waals surface area contributed by atoms with Gasteiger partial charge in [0.2, 0.25) is 0 Å². The van der Waals surface area contributed by atoms with Crippen LogP contribution >= 0.6 is 11.6 Å². The van der Waals surface area contributed by atoms with Crippen molar-refractivity contribution in [3.05, 3.63) is 57.5 Å². The molecule has 2 aromatic rings. The lowest BCUT2D eigenvalue weighted by atomic mass is 10.2. The zero-order chi connectivity index (χ0) is 16.3. The molecule has 0 unspecified atom stereocenters. The number of aryl methyl sites for hydroxylation is 2. The standard InChI is InChI=1S/C16H17ClN2O3/c1-10-7-8-19(3)16(21)14(10)18-15(20)11(2)22-13-6-4-5-12(17)9-13/h4-9,11H,1-3H3,(H,18,20)/t11-/m1/s1. The van der Waals surface area contributed by atoms with Crippen LogP contribution in [0.2, 0.25) is 5.02 Å². The third-order valence-corrected chi connectivity index (χ3v) is 3.44. The Kier molecular flexibility index (Phi) is 4.88. The van der Waals surface area contributed by atoms with Crippen LogP contribution < -0.4 is 15.6 Å². The van der Waals surface area contributed by atoms with Gasteiger partial charge >= 0.3 is 0 Å². The average Bonchev–Trinajstić information content (AvgIpc) is 2.47. The summed E-state index contributed by atoms with van der Waals surface area (Å²) < 4.78 is 6.94. The minimum absolute atomic E-state index is 0.261. The third-order valence-electron chi connectivity index (χ3n) is 3.20. The van der Waals surface area contributed by atoms with Gasteiger partial charge in [-0.3, -0.25) is 9.59 Å². The summed E-state index contributed by atoms with van der Waals surface area (Å²) in [6.45, 7) is 3.37. The van der Waals surface area contributed by atoms with Crippen LogP contribution in [0.25, 0.3) is 0 Å². The highest BCUT2D eigenvalue weighted by atomic mass is 35.5. The van der Waals surface area contributed by atoms with E-state index in [4.69, 9.17) is 16.3 Å². The molecule has 22 heavy (non-hydrogen) atoms. The van der Waals surface area contributed by atoms with Crippen LogP contribution in [-0.2, 0) is 11.8 Å². The first-order chi connectivity index (χ1) is 10.4. The van der Waals surface area contributed by atoms with E-state index in [0.29, 0.717) is 16.3 Å². The number of rotatable bonds is 4. The van der Waals surface area contributed by atoms with Crippen LogP contribution in [-0.4, -0.2) is 16.6 Å². The van der Waals surface area contributed by atoms with Crippen LogP contribution in [0.4, 0.5) is 5.69 Å². The molecule has 6 heteroatoms. The molecule has 0 radical (unpaired) electrons. The molecule has 0 fully saturated rings. The maximum absolute atomic E-state index is 12.2. The van der Waals surface area contributed by atoms with Crippen molar-refractivity contribution >= 4 is 23.2 Å². The molecular weight excluding hydrogens is 304 g/mol. The van der Waals surface area contributed by atoms with Gasteiger partial charge < -0.3 is 14.6 Å². The van der Waals surface area contributed by atoms with Crippen molar-refractivity contribution in [1.82, 2.24) is 4.57 Å². The molecule has 0 aliphatic rings. The van der Waals surface area contributed by atoms with E-state index in [1.807, 2.05) is 0 Å². The van der Waals surface area contributed by atoms with E-state index in [0.717, 1.165) is 0 Å². The van der Waals surface area contributed by atoms with Gasteiger partial charge in [-0.15, -0.1) is 0 Å². The summed E-state index contributed by atoms with van der Waals surface area (Å²) in [5, 5.41) is 3.15. The van der Waals surface area contributed by atoms with Crippen molar-refractivity contribution in [3.8, 4) is 5.75 Å². The van der Waals surface area contributed by atoms with Gasteiger partial charge in [-0.2, -0.15) is 0 Å². The number of carbonyl (C=O) groups excluding carboxylic acids is 1. The summed E-state index contributed by atoms with van der Waals surface area (Å²) in [7, 11) is 1.63. The number of halogens is 1. The number of ether oxygens (including phenoxy) is 1. The smallest absolute Gasteiger partial charge is 0.274 e. The van der Waals surface area contributed by atoms with Crippen LogP contribution in [0.15, 0.2) is 41.3 Å². The number of hydrogen-bond donors (Lipinski definition) is 1. The van der Waals surface area contributed by atoms with Gasteiger partial charge in [-0.1, -0.05) is 17.7 Å². The Bertz CT molecular complexity index is 755. The minimum Gasteiger partial charge on any atom is -0.481 e. The van der Waals surface area contributed by atoms with Gasteiger partial charge in [-0.25, -0.2) is 0 Å². The van der Waals surface area contributed by atoms with E-state index in [1.54, 1.807) is 57.4 Å². The second-order valence-corrected chi connectivity index (χ2v) is 5.43. The SMILES string of the molecule is Cc1ccn(C)c(=O)c1NC(=O)[C@@H](C)Oc1cccc(Cl)c1. The number of nitrogens with one attached hydrogen (secondary N) is 1. The Morgan fingerprint density at radius 2 is 2.09 bits per heavy atom. The first-order valence-corrected chi connectivity index (χ1v) is 7.15. The van der Waals surface area contributed by atoms with E-state index in [9.17, 15) is 9.59 Å². The predicted octanol–water partition coefficient (Wildman–Crippen LogP) is 2.75. The molecule has 0 bridgehead atoms. The zero-order valence-electron chi connectivity index (χ0n) is 12.6. The van der Waals surface area contributed by atoms with Crippen molar-refractivity contribution in [2.75, 3.05) is 5.32 Å². The molecule has 1 aromatic heterocycles. The van der Waals surface area contributed by atoms with Gasteiger partial charge in [0.05, 0.1) is 0 Å². The first kappa shape index (κ1) is 16.1. The molecule has 1 aromatic carbocycles. The van der Waals surface area contributed by atoms with Crippen LogP contribution in [0, 0.1) is 6.92 Å². The lowest BCUT2D eigenvalue weighted by molar-refractivity contribution is -0.122. The lowest BCUT2D eigenvalue weighted by Crippen LogP contribution is -2.33. The molecule has 0 spiro atoms. The molecule has 1 heterocycles. The number of amides is 1. The highest BCUT2D eigenvalue weighted by molar-refractivity contribution is 6.30. The second kappa shape index (κ2) is 6.66. The average molecular weight is 321 g/mol. The predicted molar refractivity (Wildman–Crippen MR) is 86.6 cm³/mol. The number of hydrogen-bond acceptors (Lipinski definition) is 3. The molecule has 1 amide bonds. The van der Waals surface area contributed by atoms with E-state index in [1.165, 1.54) is 4.57 Å². The topological polar surface area (TPSA) is 60.3 Å². The van der Waals surface area contributed by atoms with Crippen molar-refractivity contribution in [3.63, 3.8) is 0 Å². The molecule has 0 saturated carbocycles. The Morgan fingerprint density at radius 1 is 1.36 bits per heavy atom. The van der Waals surface area contributed by atoms with E-state index >= 15 is 0 Å². The molecular formula is C16H17ClN2O3. The summed E-state index contributed by atoms with van der Waals surface area (Å²) in [4.78, 5) is 24.2. The van der Waals surface area contributed by atoms with Gasteiger partial charge in [0.15, 0.2) is 6.10 Å². The second-order valence-electron chi connectivity index (χ2n) is 5.00. The van der Waals surface area contributed by atoms with Gasteiger partial charge in [-0.05, 0) is 43.7 Å². The van der Waals surface area contributed by atoms with Crippen molar-refractivity contribution in [2.24, 2.45) is 7.05 Å². The summed E-state index contributed by atoms with van der Waals surface area (Å²) in [6.07, 6.45) is 0.891. The van der Waals surface area contributed by atoms with Gasteiger partial charge in [0.1, 0.15) is 11.4 Å². The lowest BCUT2D eigenvalue weighted by Gasteiger charge is -2.16. The molecule has 5 nitrogen and oxygen atoms in total. The van der Waals surface area contributed by atoms with Crippen molar-refractivity contribution in [2.45, 2.75) is 20.0 Å². The Morgan fingerprint density at radius 3 is 2.77 bits per heavy atom. The van der Waals surface area contributed by atoms with Crippen LogP contribution in [0.5, 0.6) is 5.75 Å². The highest BCUT2D eigenvalue weighted by Crippen LogP contribution is 2.18. The normalized spacial score (nSPS) is 11.8. The number of anilines is 1. The molecule has 1 atom stereocenters. The van der Waals surface area contributed by atoms with Crippen molar-refractivity contribution in [1.29, 1.82) is 0 Å². The van der Waals surface area contributed by atoms with Gasteiger partial charge in [0.25, 0.3) is 11.5 Å². The summed E-state index contributed by atoms with van der Waals surface area (Å²) in [5.41, 5.74) is 0.700. The number of benzene rings is 1. The maximum Gasteiger partial charge on any atom is 0.274 e.